The third kappa shape index (κ3) is 0.992. The molecule has 0 atom stereocenters. The molecule has 0 amide bonds. The number of aryl methyl sites for hydroxylation is 1. The van der Waals surface area contributed by atoms with Crippen molar-refractivity contribution in [3.05, 3.63) is 11.8 Å². The first-order valence-electron chi connectivity index (χ1n) is 3.96. The molecule has 2 rings (SSSR count). The van der Waals surface area contributed by atoms with E-state index in [2.05, 4.69) is 5.10 Å². The summed E-state index contributed by atoms with van der Waals surface area (Å²) >= 11 is 0. The molecule has 0 aliphatic heterocycles. The first-order valence-corrected chi connectivity index (χ1v) is 3.96. The van der Waals surface area contributed by atoms with E-state index >= 15 is 0 Å². The fourth-order valence-electron chi connectivity index (χ4n) is 1.24. The fourth-order valence-corrected chi connectivity index (χ4v) is 1.24. The summed E-state index contributed by atoms with van der Waals surface area (Å²) in [7, 11) is 3.39. The van der Waals surface area contributed by atoms with Crippen LogP contribution in [0.3, 0.4) is 0 Å². The minimum Gasteiger partial charge on any atom is -0.481 e. The van der Waals surface area contributed by atoms with Gasteiger partial charge in [-0.2, -0.15) is 5.10 Å². The van der Waals surface area contributed by atoms with Crippen molar-refractivity contribution < 1.29 is 9.84 Å². The summed E-state index contributed by atoms with van der Waals surface area (Å²) in [6.07, 6.45) is 1.63. The summed E-state index contributed by atoms with van der Waals surface area (Å²) in [5.41, 5.74) is 0.0657. The summed E-state index contributed by atoms with van der Waals surface area (Å²) in [5.74, 6) is 0.685. The second-order valence-corrected chi connectivity index (χ2v) is 3.23. The van der Waals surface area contributed by atoms with Crippen LogP contribution in [0.5, 0.6) is 5.88 Å². The van der Waals surface area contributed by atoms with Gasteiger partial charge in [0.2, 0.25) is 5.88 Å². The molecule has 0 saturated heterocycles. The summed E-state index contributed by atoms with van der Waals surface area (Å²) in [5, 5.41) is 13.9. The molecule has 1 heterocycles. The molecule has 12 heavy (non-hydrogen) atoms. The van der Waals surface area contributed by atoms with Gasteiger partial charge in [-0.25, -0.2) is 4.68 Å². The van der Waals surface area contributed by atoms with E-state index in [1.807, 2.05) is 0 Å². The standard InChI is InChI=1S/C8H12N2O2/c1-10-7(12-2)5-6(9-10)8(11)3-4-8/h5,11H,3-4H2,1-2H3. The van der Waals surface area contributed by atoms with Crippen LogP contribution in [0.15, 0.2) is 6.07 Å². The van der Waals surface area contributed by atoms with E-state index in [4.69, 9.17) is 4.74 Å². The van der Waals surface area contributed by atoms with E-state index in [9.17, 15) is 5.11 Å². The normalized spacial score (nSPS) is 19.2. The van der Waals surface area contributed by atoms with Crippen LogP contribution in [0, 0.1) is 0 Å². The SMILES string of the molecule is COc1cc(C2(O)CC2)nn1C. The zero-order chi connectivity index (χ0) is 8.77. The van der Waals surface area contributed by atoms with Gasteiger partial charge in [-0.15, -0.1) is 0 Å². The van der Waals surface area contributed by atoms with Crippen LogP contribution in [0.2, 0.25) is 0 Å². The zero-order valence-electron chi connectivity index (χ0n) is 7.24. The van der Waals surface area contributed by atoms with Crippen LogP contribution in [-0.2, 0) is 12.6 Å². The van der Waals surface area contributed by atoms with Crippen molar-refractivity contribution in [1.29, 1.82) is 0 Å². The molecule has 1 aliphatic rings. The summed E-state index contributed by atoms with van der Waals surface area (Å²) < 4.78 is 6.67. The highest BCUT2D eigenvalue weighted by Crippen LogP contribution is 2.45. The van der Waals surface area contributed by atoms with Crippen molar-refractivity contribution in [1.82, 2.24) is 9.78 Å². The monoisotopic (exact) mass is 168 g/mol. The Morgan fingerprint density at radius 1 is 1.67 bits per heavy atom. The molecule has 1 saturated carbocycles. The molecule has 4 heteroatoms. The number of nitrogens with zero attached hydrogens (tertiary/aromatic N) is 2. The van der Waals surface area contributed by atoms with Crippen LogP contribution < -0.4 is 4.74 Å². The third-order valence-corrected chi connectivity index (χ3v) is 2.25. The largest absolute Gasteiger partial charge is 0.481 e. The van der Waals surface area contributed by atoms with Gasteiger partial charge in [-0.3, -0.25) is 0 Å². The minimum absolute atomic E-state index is 0.658. The van der Waals surface area contributed by atoms with Crippen LogP contribution in [-0.4, -0.2) is 22.0 Å². The Kier molecular flexibility index (Phi) is 1.41. The van der Waals surface area contributed by atoms with Gasteiger partial charge in [0, 0.05) is 13.1 Å². The highest BCUT2D eigenvalue weighted by molar-refractivity contribution is 5.25. The highest BCUT2D eigenvalue weighted by atomic mass is 16.5. The van der Waals surface area contributed by atoms with Gasteiger partial charge in [-0.05, 0) is 12.8 Å². The Balaban J connectivity index is 2.34. The fraction of sp³-hybridized carbons (Fsp3) is 0.625. The molecule has 1 aromatic rings. The van der Waals surface area contributed by atoms with Gasteiger partial charge in [0.25, 0.3) is 0 Å². The number of hydrogen-bond donors (Lipinski definition) is 1. The maximum atomic E-state index is 9.70. The van der Waals surface area contributed by atoms with E-state index in [-0.39, 0.29) is 0 Å². The summed E-state index contributed by atoms with van der Waals surface area (Å²) in [6, 6.07) is 1.78. The van der Waals surface area contributed by atoms with Crippen molar-refractivity contribution in [3.8, 4) is 5.88 Å². The number of aliphatic hydroxyl groups is 1. The number of ether oxygens (including phenoxy) is 1. The molecular weight excluding hydrogens is 156 g/mol. The van der Waals surface area contributed by atoms with Crippen molar-refractivity contribution in [2.45, 2.75) is 18.4 Å². The lowest BCUT2D eigenvalue weighted by atomic mass is 10.2. The zero-order valence-corrected chi connectivity index (χ0v) is 7.24. The van der Waals surface area contributed by atoms with Crippen LogP contribution in [0.25, 0.3) is 0 Å². The molecule has 0 aromatic carbocycles. The number of hydrogen-bond acceptors (Lipinski definition) is 3. The molecule has 0 radical (unpaired) electrons. The first-order chi connectivity index (χ1) is 5.65. The Bertz CT molecular complexity index is 302. The Morgan fingerprint density at radius 3 is 2.75 bits per heavy atom. The van der Waals surface area contributed by atoms with E-state index in [0.717, 1.165) is 18.5 Å². The summed E-state index contributed by atoms with van der Waals surface area (Å²) in [6.45, 7) is 0. The lowest BCUT2D eigenvalue weighted by Crippen LogP contribution is -2.05. The smallest absolute Gasteiger partial charge is 0.211 e. The number of methoxy groups -OCH3 is 1. The van der Waals surface area contributed by atoms with Gasteiger partial charge < -0.3 is 9.84 Å². The predicted molar refractivity (Wildman–Crippen MR) is 42.9 cm³/mol. The first kappa shape index (κ1) is 7.61. The molecule has 0 spiro atoms. The Labute approximate surface area is 70.8 Å². The molecule has 1 aromatic heterocycles. The van der Waals surface area contributed by atoms with Crippen molar-refractivity contribution in [3.63, 3.8) is 0 Å². The molecule has 1 N–H and O–H groups in total. The topological polar surface area (TPSA) is 47.3 Å². The van der Waals surface area contributed by atoms with Crippen molar-refractivity contribution in [2.24, 2.45) is 7.05 Å². The van der Waals surface area contributed by atoms with E-state index in [1.165, 1.54) is 0 Å². The van der Waals surface area contributed by atoms with Crippen molar-refractivity contribution >= 4 is 0 Å². The second-order valence-electron chi connectivity index (χ2n) is 3.23. The van der Waals surface area contributed by atoms with Gasteiger partial charge in [0.1, 0.15) is 5.60 Å². The maximum Gasteiger partial charge on any atom is 0.211 e. The number of rotatable bonds is 2. The average molecular weight is 168 g/mol. The van der Waals surface area contributed by atoms with Gasteiger partial charge >= 0.3 is 0 Å². The quantitative estimate of drug-likeness (QED) is 0.695. The van der Waals surface area contributed by atoms with Crippen LogP contribution in [0.4, 0.5) is 0 Å². The molecule has 0 bridgehead atoms. The third-order valence-electron chi connectivity index (χ3n) is 2.25. The Morgan fingerprint density at radius 2 is 2.33 bits per heavy atom. The van der Waals surface area contributed by atoms with Crippen molar-refractivity contribution in [2.75, 3.05) is 7.11 Å². The van der Waals surface area contributed by atoms with E-state index in [0.29, 0.717) is 5.88 Å². The van der Waals surface area contributed by atoms with E-state index < -0.39 is 5.60 Å². The van der Waals surface area contributed by atoms with Gasteiger partial charge in [0.05, 0.1) is 12.8 Å². The molecule has 1 fully saturated rings. The highest BCUT2D eigenvalue weighted by Gasteiger charge is 2.44. The molecule has 1 aliphatic carbocycles. The lowest BCUT2D eigenvalue weighted by molar-refractivity contribution is 0.145. The summed E-state index contributed by atoms with van der Waals surface area (Å²) in [4.78, 5) is 0. The van der Waals surface area contributed by atoms with Gasteiger partial charge in [-0.1, -0.05) is 0 Å². The molecule has 66 valence electrons. The molecule has 4 nitrogen and oxygen atoms in total. The van der Waals surface area contributed by atoms with Gasteiger partial charge in [0.15, 0.2) is 0 Å². The lowest BCUT2D eigenvalue weighted by Gasteiger charge is -1.99. The maximum absolute atomic E-state index is 9.70. The molecular formula is C8H12N2O2. The minimum atomic E-state index is -0.658. The molecule has 0 unspecified atom stereocenters. The predicted octanol–water partition coefficient (Wildman–Crippen LogP) is 0.410. The van der Waals surface area contributed by atoms with Crippen LogP contribution >= 0.6 is 0 Å². The Hall–Kier alpha value is -1.03. The number of aromatic nitrogens is 2. The van der Waals surface area contributed by atoms with E-state index in [1.54, 1.807) is 24.9 Å². The van der Waals surface area contributed by atoms with Crippen LogP contribution in [0.1, 0.15) is 18.5 Å². The average Bonchev–Trinajstić information content (AvgIpc) is 2.65. The second kappa shape index (κ2) is 2.23.